The molecule has 2 fully saturated rings. The Morgan fingerprint density at radius 1 is 1.32 bits per heavy atom. The van der Waals surface area contributed by atoms with Crippen molar-refractivity contribution in [3.05, 3.63) is 0 Å². The zero-order chi connectivity index (χ0) is 14.2. The largest absolute Gasteiger partial charge is 0.444 e. The lowest BCUT2D eigenvalue weighted by Crippen LogP contribution is -2.60. The average molecular weight is 268 g/mol. The number of hydrogen-bond donors (Lipinski definition) is 1. The molecule has 1 saturated carbocycles. The summed E-state index contributed by atoms with van der Waals surface area (Å²) in [5.74, 6) is 0.701. The highest BCUT2D eigenvalue weighted by atomic mass is 16.6. The first-order chi connectivity index (χ1) is 8.78. The van der Waals surface area contributed by atoms with Gasteiger partial charge in [-0.25, -0.2) is 4.79 Å². The predicted molar refractivity (Wildman–Crippen MR) is 71.7 cm³/mol. The van der Waals surface area contributed by atoms with E-state index in [1.807, 2.05) is 4.90 Å². The Balaban J connectivity index is 1.81. The Morgan fingerprint density at radius 3 is 2.58 bits per heavy atom. The normalized spacial score (nSPS) is 27.3. The minimum absolute atomic E-state index is 0.00834. The van der Waals surface area contributed by atoms with Gasteiger partial charge in [-0.15, -0.1) is 0 Å². The van der Waals surface area contributed by atoms with Crippen LogP contribution in [-0.2, 0) is 9.53 Å². The molecule has 0 spiro atoms. The van der Waals surface area contributed by atoms with Crippen molar-refractivity contribution in [2.45, 2.75) is 64.6 Å². The van der Waals surface area contributed by atoms with Gasteiger partial charge in [0, 0.05) is 12.6 Å². The molecule has 1 saturated heterocycles. The molecule has 0 aromatic carbocycles. The zero-order valence-electron chi connectivity index (χ0n) is 12.2. The fourth-order valence-electron chi connectivity index (χ4n) is 2.94. The van der Waals surface area contributed by atoms with Gasteiger partial charge in [0.05, 0.1) is 0 Å². The molecule has 1 N–H and O–H groups in total. The SMILES string of the molecule is C[C@@H](NC(=O)OC(C)(C)C)C(=O)N1CC2CCCC21. The van der Waals surface area contributed by atoms with E-state index < -0.39 is 17.7 Å². The molecule has 2 rings (SSSR count). The third-order valence-corrected chi connectivity index (χ3v) is 3.84. The van der Waals surface area contributed by atoms with Crippen LogP contribution in [-0.4, -0.2) is 41.1 Å². The van der Waals surface area contributed by atoms with E-state index in [0.717, 1.165) is 13.0 Å². The Morgan fingerprint density at radius 2 is 2.00 bits per heavy atom. The number of ether oxygens (including phenoxy) is 1. The number of rotatable bonds is 2. The Hall–Kier alpha value is -1.26. The van der Waals surface area contributed by atoms with E-state index in [0.29, 0.717) is 12.0 Å². The van der Waals surface area contributed by atoms with Crippen molar-refractivity contribution in [3.63, 3.8) is 0 Å². The van der Waals surface area contributed by atoms with Crippen LogP contribution in [0.1, 0.15) is 47.0 Å². The summed E-state index contributed by atoms with van der Waals surface area (Å²) in [5, 5.41) is 2.61. The standard InChI is InChI=1S/C14H24N2O3/c1-9(15-13(18)19-14(2,3)4)12(17)16-8-10-6-5-7-11(10)16/h9-11H,5-8H2,1-4H3,(H,15,18)/t9-,10?,11?/m1/s1. The summed E-state index contributed by atoms with van der Waals surface area (Å²) < 4.78 is 5.16. The van der Waals surface area contributed by atoms with E-state index in [1.165, 1.54) is 12.8 Å². The lowest BCUT2D eigenvalue weighted by Gasteiger charge is -2.45. The fraction of sp³-hybridized carbons (Fsp3) is 0.857. The first-order valence-corrected chi connectivity index (χ1v) is 7.08. The van der Waals surface area contributed by atoms with Crippen LogP contribution in [0.2, 0.25) is 0 Å². The number of carbonyl (C=O) groups is 2. The van der Waals surface area contributed by atoms with Crippen LogP contribution >= 0.6 is 0 Å². The molecular weight excluding hydrogens is 244 g/mol. The van der Waals surface area contributed by atoms with Crippen molar-refractivity contribution in [3.8, 4) is 0 Å². The van der Waals surface area contributed by atoms with Crippen molar-refractivity contribution in [1.29, 1.82) is 0 Å². The van der Waals surface area contributed by atoms with Crippen LogP contribution in [0.25, 0.3) is 0 Å². The van der Waals surface area contributed by atoms with Crippen molar-refractivity contribution >= 4 is 12.0 Å². The fourth-order valence-corrected chi connectivity index (χ4v) is 2.94. The van der Waals surface area contributed by atoms with E-state index in [4.69, 9.17) is 4.74 Å². The molecule has 108 valence electrons. The second kappa shape index (κ2) is 5.02. The van der Waals surface area contributed by atoms with E-state index >= 15 is 0 Å². The molecular formula is C14H24N2O3. The molecule has 0 aromatic rings. The summed E-state index contributed by atoms with van der Waals surface area (Å²) in [5.41, 5.74) is -0.542. The van der Waals surface area contributed by atoms with Crippen LogP contribution < -0.4 is 5.32 Å². The zero-order valence-corrected chi connectivity index (χ0v) is 12.2. The smallest absolute Gasteiger partial charge is 0.408 e. The maximum absolute atomic E-state index is 12.2. The van der Waals surface area contributed by atoms with E-state index in [2.05, 4.69) is 5.32 Å². The minimum atomic E-state index is -0.542. The van der Waals surface area contributed by atoms with Crippen LogP contribution in [0, 0.1) is 5.92 Å². The third-order valence-electron chi connectivity index (χ3n) is 3.84. The topological polar surface area (TPSA) is 58.6 Å². The maximum atomic E-state index is 12.2. The van der Waals surface area contributed by atoms with Gasteiger partial charge in [0.15, 0.2) is 0 Å². The number of alkyl carbamates (subject to hydrolysis) is 1. The molecule has 0 aromatic heterocycles. The van der Waals surface area contributed by atoms with E-state index in [9.17, 15) is 9.59 Å². The monoisotopic (exact) mass is 268 g/mol. The van der Waals surface area contributed by atoms with Crippen LogP contribution in [0.4, 0.5) is 4.79 Å². The highest BCUT2D eigenvalue weighted by molar-refractivity contribution is 5.86. The van der Waals surface area contributed by atoms with Gasteiger partial charge in [-0.1, -0.05) is 6.42 Å². The number of amides is 2. The highest BCUT2D eigenvalue weighted by Gasteiger charge is 2.45. The van der Waals surface area contributed by atoms with Gasteiger partial charge in [-0.3, -0.25) is 4.79 Å². The van der Waals surface area contributed by atoms with Gasteiger partial charge in [-0.2, -0.15) is 0 Å². The summed E-state index contributed by atoms with van der Waals surface area (Å²) in [7, 11) is 0. The molecule has 2 unspecified atom stereocenters. The number of carbonyl (C=O) groups excluding carboxylic acids is 2. The molecule has 0 radical (unpaired) electrons. The molecule has 19 heavy (non-hydrogen) atoms. The molecule has 2 aliphatic rings. The summed E-state index contributed by atoms with van der Waals surface area (Å²) in [6.45, 7) is 7.98. The summed E-state index contributed by atoms with van der Waals surface area (Å²) in [4.78, 5) is 25.8. The van der Waals surface area contributed by atoms with Crippen LogP contribution in [0.3, 0.4) is 0 Å². The van der Waals surface area contributed by atoms with Crippen molar-refractivity contribution in [2.24, 2.45) is 5.92 Å². The molecule has 5 nitrogen and oxygen atoms in total. The first kappa shape index (κ1) is 14.2. The summed E-state index contributed by atoms with van der Waals surface area (Å²) >= 11 is 0. The lowest BCUT2D eigenvalue weighted by atomic mass is 9.91. The van der Waals surface area contributed by atoms with Crippen molar-refractivity contribution < 1.29 is 14.3 Å². The van der Waals surface area contributed by atoms with Gasteiger partial charge in [-0.05, 0) is 46.5 Å². The molecule has 2 amide bonds. The predicted octanol–water partition coefficient (Wildman–Crippen LogP) is 1.91. The van der Waals surface area contributed by atoms with Gasteiger partial charge in [0.2, 0.25) is 5.91 Å². The number of likely N-dealkylation sites (tertiary alicyclic amines) is 1. The Bertz CT molecular complexity index is 375. The number of nitrogens with one attached hydrogen (secondary N) is 1. The molecule has 1 aliphatic heterocycles. The number of fused-ring (bicyclic) bond motifs is 1. The van der Waals surface area contributed by atoms with Gasteiger partial charge in [0.1, 0.15) is 11.6 Å². The molecule has 5 heteroatoms. The second-order valence-corrected chi connectivity index (χ2v) is 6.62. The lowest BCUT2D eigenvalue weighted by molar-refractivity contribution is -0.144. The van der Waals surface area contributed by atoms with E-state index in [-0.39, 0.29) is 5.91 Å². The molecule has 3 atom stereocenters. The highest BCUT2D eigenvalue weighted by Crippen LogP contribution is 2.39. The molecule has 1 heterocycles. The van der Waals surface area contributed by atoms with Gasteiger partial charge >= 0.3 is 6.09 Å². The van der Waals surface area contributed by atoms with Crippen LogP contribution in [0.5, 0.6) is 0 Å². The minimum Gasteiger partial charge on any atom is -0.444 e. The van der Waals surface area contributed by atoms with Gasteiger partial charge < -0.3 is 15.0 Å². The van der Waals surface area contributed by atoms with Crippen molar-refractivity contribution in [2.75, 3.05) is 6.54 Å². The Kier molecular flexibility index (Phi) is 3.74. The van der Waals surface area contributed by atoms with E-state index in [1.54, 1.807) is 27.7 Å². The number of hydrogen-bond acceptors (Lipinski definition) is 3. The summed E-state index contributed by atoms with van der Waals surface area (Å²) in [6.07, 6.45) is 3.03. The first-order valence-electron chi connectivity index (χ1n) is 7.08. The quantitative estimate of drug-likeness (QED) is 0.832. The molecule has 1 aliphatic carbocycles. The third kappa shape index (κ3) is 3.19. The average Bonchev–Trinajstić information content (AvgIpc) is 2.57. The Labute approximate surface area is 114 Å². The van der Waals surface area contributed by atoms with Gasteiger partial charge in [0.25, 0.3) is 0 Å². The molecule has 0 bridgehead atoms. The number of nitrogens with zero attached hydrogens (tertiary/aromatic N) is 1. The summed E-state index contributed by atoms with van der Waals surface area (Å²) in [6, 6.07) is -0.105. The maximum Gasteiger partial charge on any atom is 0.408 e. The second-order valence-electron chi connectivity index (χ2n) is 6.62. The van der Waals surface area contributed by atoms with Crippen LogP contribution in [0.15, 0.2) is 0 Å². The van der Waals surface area contributed by atoms with Crippen molar-refractivity contribution in [1.82, 2.24) is 10.2 Å².